The van der Waals surface area contributed by atoms with Crippen LogP contribution in [0.4, 0.5) is 11.9 Å². The van der Waals surface area contributed by atoms with Crippen LogP contribution >= 0.6 is 23.5 Å². The zero-order chi connectivity index (χ0) is 40.9. The number of anilines is 2. The third-order valence-electron chi connectivity index (χ3n) is 8.52. The quantitative estimate of drug-likeness (QED) is 0.0395. The summed E-state index contributed by atoms with van der Waals surface area (Å²) in [4.78, 5) is 73.2. The number of phosphoric ester groups is 2. The Balaban J connectivity index is 1.08. The summed E-state index contributed by atoms with van der Waals surface area (Å²) in [7, 11) is -15.8. The second-order valence-corrected chi connectivity index (χ2v) is 17.1. The Morgan fingerprint density at radius 2 is 1.55 bits per heavy atom. The fraction of sp³-hybridized carbons (Fsp3) is 0.583. The molecule has 310 valence electrons. The van der Waals surface area contributed by atoms with Crippen LogP contribution in [0.15, 0.2) is 22.2 Å². The average molecular weight is 861 g/mol. The summed E-state index contributed by atoms with van der Waals surface area (Å²) in [5, 5.41) is 40.7. The van der Waals surface area contributed by atoms with Crippen LogP contribution in [0.1, 0.15) is 12.5 Å². The second-order valence-electron chi connectivity index (χ2n) is 12.4. The van der Waals surface area contributed by atoms with Crippen LogP contribution in [0.2, 0.25) is 0 Å². The normalized spacial score (nSPS) is 26.8. The highest BCUT2D eigenvalue weighted by Gasteiger charge is 2.48. The Hall–Kier alpha value is -3.57. The van der Waals surface area contributed by atoms with Crippen molar-refractivity contribution in [3.63, 3.8) is 0 Å². The van der Waals surface area contributed by atoms with Crippen LogP contribution in [0.5, 0.6) is 0 Å². The maximum atomic E-state index is 12.8. The average Bonchev–Trinajstić information content (AvgIpc) is 3.75. The Labute approximate surface area is 311 Å². The molecule has 0 amide bonds. The van der Waals surface area contributed by atoms with Gasteiger partial charge in [0.1, 0.15) is 18.3 Å². The third kappa shape index (κ3) is 8.94. The van der Waals surface area contributed by atoms with E-state index in [0.29, 0.717) is 0 Å². The lowest BCUT2D eigenvalue weighted by Crippen LogP contribution is -2.59. The van der Waals surface area contributed by atoms with E-state index in [4.69, 9.17) is 25.5 Å². The summed E-state index contributed by atoms with van der Waals surface area (Å²) >= 11 is 0. The van der Waals surface area contributed by atoms with E-state index in [1.807, 2.05) is 0 Å². The zero-order valence-corrected chi connectivity index (χ0v) is 31.4. The number of aromatic nitrogens is 8. The molecule has 56 heavy (non-hydrogen) atoms. The van der Waals surface area contributed by atoms with Gasteiger partial charge in [-0.1, -0.05) is 4.98 Å². The molecule has 0 spiro atoms. The van der Waals surface area contributed by atoms with Crippen molar-refractivity contribution in [2.45, 2.75) is 42.9 Å². The van der Waals surface area contributed by atoms with Gasteiger partial charge in [-0.05, 0) is 0 Å². The minimum Gasteiger partial charge on any atom is -0.395 e. The number of hydrogen-bond donors (Lipinski definition) is 11. The van der Waals surface area contributed by atoms with Crippen molar-refractivity contribution < 1.29 is 80.5 Å². The summed E-state index contributed by atoms with van der Waals surface area (Å²) in [5.41, 5.74) is 9.83. The molecule has 13 N–H and O–H groups in total. The molecule has 4 aromatic heterocycles. The van der Waals surface area contributed by atoms with Crippen LogP contribution in [0, 0.1) is 0 Å². The Kier molecular flexibility index (Phi) is 12.0. The maximum Gasteiger partial charge on any atom is 0.490 e. The standard InChI is InChI=1S/C24H36N11O18P3/c1-32-9-35(19-15(32)21(41)31-24(26)29-19)13-3-33(10(4-36)5-37)2-11(50-13)6-48-54(42,43)52-56(46,47)53-55(44,45)49-7-12-16(38)17(39)22(51-12)34-8-27-14-18(34)28-23(25)30-20(14)40/h8-13,16-17,22,36-39H,2-7H2,1H3,(H8-,25,26,28,29,30,31,40,41,42,43,44,45,46,47)/p+1/t11?,12-,13?,16-,17-,22-/m1/s1. The highest BCUT2D eigenvalue weighted by molar-refractivity contribution is 7.66. The summed E-state index contributed by atoms with van der Waals surface area (Å²) in [6, 6.07) is -0.860. The van der Waals surface area contributed by atoms with Gasteiger partial charge in [0.2, 0.25) is 11.5 Å². The zero-order valence-electron chi connectivity index (χ0n) is 28.7. The lowest BCUT2D eigenvalue weighted by atomic mass is 10.1. The first kappa shape index (κ1) is 42.0. The molecule has 0 radical (unpaired) electrons. The highest BCUT2D eigenvalue weighted by atomic mass is 31.3. The molecule has 2 saturated heterocycles. The maximum absolute atomic E-state index is 12.8. The molecule has 0 saturated carbocycles. The number of aromatic amines is 2. The number of ether oxygens (including phenoxy) is 2. The summed E-state index contributed by atoms with van der Waals surface area (Å²) < 4.78 is 71.1. The molecular formula is C24H37N11O18P3+. The van der Waals surface area contributed by atoms with Crippen molar-refractivity contribution in [3.05, 3.63) is 33.4 Å². The second kappa shape index (κ2) is 16.0. The van der Waals surface area contributed by atoms with Crippen molar-refractivity contribution in [1.82, 2.24) is 39.0 Å². The first-order valence-electron chi connectivity index (χ1n) is 16.0. The van der Waals surface area contributed by atoms with E-state index in [0.717, 1.165) is 10.9 Å². The number of nitrogens with zero attached hydrogens (tertiary/aromatic N) is 7. The summed E-state index contributed by atoms with van der Waals surface area (Å²) in [5.74, 6) is -0.522. The van der Waals surface area contributed by atoms with Gasteiger partial charge in [-0.2, -0.15) is 13.6 Å². The van der Waals surface area contributed by atoms with Crippen LogP contribution in [0.25, 0.3) is 22.3 Å². The number of nitrogens with one attached hydrogen (secondary N) is 2. The fourth-order valence-corrected chi connectivity index (χ4v) is 9.59. The van der Waals surface area contributed by atoms with Gasteiger partial charge in [0.15, 0.2) is 29.9 Å². The number of nitrogens with two attached hydrogens (primary N) is 2. The number of fused-ring (bicyclic) bond motifs is 2. The van der Waals surface area contributed by atoms with Crippen LogP contribution < -0.4 is 27.2 Å². The first-order valence-corrected chi connectivity index (χ1v) is 20.5. The monoisotopic (exact) mass is 860 g/mol. The molecule has 4 aromatic rings. The number of hydrogen-bond acceptors (Lipinski definition) is 21. The summed E-state index contributed by atoms with van der Waals surface area (Å²) in [6.45, 7) is -3.16. The minimum absolute atomic E-state index is 0.0182. The number of morpholine rings is 1. The van der Waals surface area contributed by atoms with E-state index in [1.165, 1.54) is 20.4 Å². The van der Waals surface area contributed by atoms with Crippen LogP contribution in [-0.2, 0) is 47.9 Å². The topological polar surface area (TPSA) is 422 Å². The van der Waals surface area contributed by atoms with Crippen LogP contribution in [0.3, 0.4) is 0 Å². The van der Waals surface area contributed by atoms with Crippen molar-refractivity contribution in [2.75, 3.05) is 51.0 Å². The van der Waals surface area contributed by atoms with E-state index in [2.05, 4.69) is 38.1 Å². The molecule has 6 heterocycles. The molecule has 32 heteroatoms. The number of aliphatic hydroxyl groups is 4. The Morgan fingerprint density at radius 1 is 0.929 bits per heavy atom. The van der Waals surface area contributed by atoms with E-state index in [9.17, 15) is 58.4 Å². The molecule has 0 bridgehead atoms. The number of imidazole rings is 2. The van der Waals surface area contributed by atoms with E-state index in [-0.39, 0.29) is 47.3 Å². The molecule has 6 rings (SSSR count). The van der Waals surface area contributed by atoms with Crippen molar-refractivity contribution >= 4 is 57.7 Å². The Morgan fingerprint density at radius 3 is 2.21 bits per heavy atom. The van der Waals surface area contributed by atoms with Gasteiger partial charge in [-0.3, -0.25) is 42.6 Å². The van der Waals surface area contributed by atoms with E-state index < -0.39 is 104 Å². The Bertz CT molecular complexity index is 2350. The molecule has 0 aliphatic carbocycles. The van der Waals surface area contributed by atoms with E-state index >= 15 is 0 Å². The van der Waals surface area contributed by atoms with Gasteiger partial charge in [-0.25, -0.2) is 23.2 Å². The van der Waals surface area contributed by atoms with E-state index in [1.54, 1.807) is 7.05 Å². The van der Waals surface area contributed by atoms with Crippen molar-refractivity contribution in [3.8, 4) is 0 Å². The van der Waals surface area contributed by atoms with Gasteiger partial charge in [0, 0.05) is 6.54 Å². The predicted octanol–water partition coefficient (Wildman–Crippen LogP) is -4.61. The number of rotatable bonds is 15. The lowest BCUT2D eigenvalue weighted by molar-refractivity contribution is -0.747. The SMILES string of the molecule is Cn1c[n+](C2CN(C(CO)CO)CC(COP(=O)(O)OP(=O)(O)OP(=O)(O)OC[C@H]3O[C@@H](n4cnc5c(=O)[nH]c(N)nc54)[C@H](O)[C@@H]3O)O2)c2nc(N)[nH]c(=O)c21. The number of aliphatic hydroxyl groups excluding tert-OH is 4. The lowest BCUT2D eigenvalue weighted by Gasteiger charge is -2.39. The molecule has 0 aromatic carbocycles. The van der Waals surface area contributed by atoms with Gasteiger partial charge in [-0.15, -0.1) is 0 Å². The number of aryl methyl sites for hydroxylation is 1. The van der Waals surface area contributed by atoms with Crippen molar-refractivity contribution in [1.29, 1.82) is 0 Å². The number of phosphoric acid groups is 3. The molecule has 5 unspecified atom stereocenters. The predicted molar refractivity (Wildman–Crippen MR) is 181 cm³/mol. The van der Waals surface area contributed by atoms with Gasteiger partial charge < -0.3 is 56.0 Å². The summed E-state index contributed by atoms with van der Waals surface area (Å²) in [6.07, 6.45) is -6.43. The highest BCUT2D eigenvalue weighted by Crippen LogP contribution is 2.67. The van der Waals surface area contributed by atoms with Crippen LogP contribution in [-0.4, -0.2) is 144 Å². The van der Waals surface area contributed by atoms with Gasteiger partial charge >= 0.3 is 29.1 Å². The number of H-pyrrole nitrogens is 2. The molecule has 9 atom stereocenters. The molecular weight excluding hydrogens is 823 g/mol. The molecule has 2 aliphatic rings. The largest absolute Gasteiger partial charge is 0.490 e. The molecule has 2 fully saturated rings. The minimum atomic E-state index is -5.99. The fourth-order valence-electron chi connectivity index (χ4n) is 6.05. The van der Waals surface area contributed by atoms with Gasteiger partial charge in [0.05, 0.1) is 58.5 Å². The smallest absolute Gasteiger partial charge is 0.395 e. The van der Waals surface area contributed by atoms with Gasteiger partial charge in [0.25, 0.3) is 17.1 Å². The number of nitrogen functional groups attached to an aromatic ring is 2. The van der Waals surface area contributed by atoms with Crippen molar-refractivity contribution in [2.24, 2.45) is 7.05 Å². The molecule has 29 nitrogen and oxygen atoms in total. The molecule has 2 aliphatic heterocycles. The third-order valence-corrected chi connectivity index (χ3v) is 12.8. The first-order chi connectivity index (χ1) is 26.2.